The summed E-state index contributed by atoms with van der Waals surface area (Å²) >= 11 is 0. The fourth-order valence-electron chi connectivity index (χ4n) is 2.02. The van der Waals surface area contributed by atoms with Crippen molar-refractivity contribution in [1.82, 2.24) is 10.2 Å². The number of hydrogen-bond donors (Lipinski definition) is 1. The van der Waals surface area contributed by atoms with Gasteiger partial charge in [0, 0.05) is 19.1 Å². The SMILES string of the molecule is O=C1NCCCN1C1CCS(=O)(=O)C1. The molecule has 0 aliphatic carbocycles. The first-order valence-electron chi connectivity index (χ1n) is 4.83. The lowest BCUT2D eigenvalue weighted by atomic mass is 10.2. The number of nitrogens with zero attached hydrogens (tertiary/aromatic N) is 1. The van der Waals surface area contributed by atoms with Crippen molar-refractivity contribution < 1.29 is 13.2 Å². The van der Waals surface area contributed by atoms with Gasteiger partial charge in [0.2, 0.25) is 0 Å². The Morgan fingerprint density at radius 2 is 2.21 bits per heavy atom. The number of carbonyl (C=O) groups excluding carboxylic acids is 1. The highest BCUT2D eigenvalue weighted by Gasteiger charge is 2.35. The Kier molecular flexibility index (Phi) is 2.38. The molecule has 0 saturated carbocycles. The van der Waals surface area contributed by atoms with Gasteiger partial charge >= 0.3 is 6.03 Å². The minimum atomic E-state index is -2.89. The van der Waals surface area contributed by atoms with Crippen LogP contribution in [0.3, 0.4) is 0 Å². The summed E-state index contributed by atoms with van der Waals surface area (Å²) in [5.74, 6) is 0.363. The van der Waals surface area contributed by atoms with Crippen LogP contribution in [0.1, 0.15) is 12.8 Å². The summed E-state index contributed by atoms with van der Waals surface area (Å²) in [6.45, 7) is 1.39. The van der Waals surface area contributed by atoms with Gasteiger partial charge in [0.15, 0.2) is 9.84 Å². The monoisotopic (exact) mass is 218 g/mol. The second-order valence-corrected chi connectivity index (χ2v) is 6.06. The minimum absolute atomic E-state index is 0.0969. The molecule has 1 unspecified atom stereocenters. The topological polar surface area (TPSA) is 66.5 Å². The average Bonchev–Trinajstić information content (AvgIpc) is 2.47. The van der Waals surface area contributed by atoms with E-state index in [1.54, 1.807) is 4.90 Å². The van der Waals surface area contributed by atoms with Crippen molar-refractivity contribution in [2.45, 2.75) is 18.9 Å². The molecule has 2 aliphatic heterocycles. The van der Waals surface area contributed by atoms with E-state index in [9.17, 15) is 13.2 Å². The van der Waals surface area contributed by atoms with Crippen molar-refractivity contribution in [1.29, 1.82) is 0 Å². The lowest BCUT2D eigenvalue weighted by Gasteiger charge is -2.31. The molecular formula is C8H14N2O3S. The number of hydrogen-bond acceptors (Lipinski definition) is 3. The lowest BCUT2D eigenvalue weighted by molar-refractivity contribution is 0.167. The van der Waals surface area contributed by atoms with E-state index < -0.39 is 9.84 Å². The number of sulfone groups is 1. The fraction of sp³-hybridized carbons (Fsp3) is 0.875. The van der Waals surface area contributed by atoms with Gasteiger partial charge in [-0.05, 0) is 12.8 Å². The summed E-state index contributed by atoms with van der Waals surface area (Å²) < 4.78 is 22.5. The van der Waals surface area contributed by atoms with Gasteiger partial charge in [0.1, 0.15) is 0 Å². The van der Waals surface area contributed by atoms with Crippen molar-refractivity contribution in [2.24, 2.45) is 0 Å². The molecule has 0 bridgehead atoms. The van der Waals surface area contributed by atoms with Crippen molar-refractivity contribution in [3.63, 3.8) is 0 Å². The Morgan fingerprint density at radius 3 is 2.79 bits per heavy atom. The smallest absolute Gasteiger partial charge is 0.317 e. The molecular weight excluding hydrogens is 204 g/mol. The summed E-state index contributed by atoms with van der Waals surface area (Å²) in [6.07, 6.45) is 1.50. The van der Waals surface area contributed by atoms with E-state index in [0.29, 0.717) is 19.5 Å². The zero-order valence-electron chi connectivity index (χ0n) is 7.90. The van der Waals surface area contributed by atoms with Crippen LogP contribution in [0.4, 0.5) is 4.79 Å². The molecule has 1 N–H and O–H groups in total. The molecule has 1 atom stereocenters. The van der Waals surface area contributed by atoms with Crippen LogP contribution in [-0.4, -0.2) is 50.0 Å². The van der Waals surface area contributed by atoms with E-state index in [-0.39, 0.29) is 23.6 Å². The Bertz CT molecular complexity index is 338. The van der Waals surface area contributed by atoms with Crippen LogP contribution in [0.15, 0.2) is 0 Å². The molecule has 0 spiro atoms. The second kappa shape index (κ2) is 3.42. The first-order chi connectivity index (χ1) is 6.58. The van der Waals surface area contributed by atoms with Crippen LogP contribution < -0.4 is 5.32 Å². The van der Waals surface area contributed by atoms with E-state index in [0.717, 1.165) is 6.42 Å². The van der Waals surface area contributed by atoms with Gasteiger partial charge in [-0.25, -0.2) is 13.2 Å². The molecule has 2 fully saturated rings. The minimum Gasteiger partial charge on any atom is -0.338 e. The Balaban J connectivity index is 2.05. The van der Waals surface area contributed by atoms with Crippen LogP contribution in [-0.2, 0) is 9.84 Å². The third-order valence-electron chi connectivity index (χ3n) is 2.76. The molecule has 2 heterocycles. The van der Waals surface area contributed by atoms with Gasteiger partial charge in [-0.3, -0.25) is 0 Å². The normalized spacial score (nSPS) is 31.6. The summed E-state index contributed by atoms with van der Waals surface area (Å²) in [5.41, 5.74) is 0. The van der Waals surface area contributed by atoms with Gasteiger partial charge in [0.25, 0.3) is 0 Å². The maximum atomic E-state index is 11.4. The second-order valence-electron chi connectivity index (χ2n) is 3.84. The third kappa shape index (κ3) is 1.84. The van der Waals surface area contributed by atoms with Crippen molar-refractivity contribution in [3.05, 3.63) is 0 Å². The van der Waals surface area contributed by atoms with Gasteiger partial charge in [0.05, 0.1) is 11.5 Å². The molecule has 0 aromatic carbocycles. The molecule has 2 rings (SSSR count). The van der Waals surface area contributed by atoms with Crippen LogP contribution in [0.2, 0.25) is 0 Å². The molecule has 0 aromatic heterocycles. The largest absolute Gasteiger partial charge is 0.338 e. The number of carbonyl (C=O) groups is 1. The zero-order chi connectivity index (χ0) is 10.2. The molecule has 14 heavy (non-hydrogen) atoms. The van der Waals surface area contributed by atoms with Crippen LogP contribution in [0.25, 0.3) is 0 Å². The molecule has 80 valence electrons. The van der Waals surface area contributed by atoms with E-state index in [1.165, 1.54) is 0 Å². The van der Waals surface area contributed by atoms with E-state index in [2.05, 4.69) is 5.32 Å². The van der Waals surface area contributed by atoms with Gasteiger partial charge in [-0.15, -0.1) is 0 Å². The van der Waals surface area contributed by atoms with E-state index in [1.807, 2.05) is 0 Å². The number of rotatable bonds is 1. The molecule has 0 aromatic rings. The first kappa shape index (κ1) is 9.76. The van der Waals surface area contributed by atoms with Gasteiger partial charge < -0.3 is 10.2 Å². The Hall–Kier alpha value is -0.780. The molecule has 6 heteroatoms. The quantitative estimate of drug-likeness (QED) is 0.650. The molecule has 2 aliphatic rings. The molecule has 0 radical (unpaired) electrons. The van der Waals surface area contributed by atoms with Crippen molar-refractivity contribution in [2.75, 3.05) is 24.6 Å². The summed E-state index contributed by atoms with van der Waals surface area (Å²) in [6, 6.07) is -0.210. The lowest BCUT2D eigenvalue weighted by Crippen LogP contribution is -2.51. The predicted octanol–water partition coefficient (Wildman–Crippen LogP) is -0.411. The van der Waals surface area contributed by atoms with Crippen molar-refractivity contribution >= 4 is 15.9 Å². The molecule has 2 saturated heterocycles. The molecule has 2 amide bonds. The van der Waals surface area contributed by atoms with Gasteiger partial charge in [-0.1, -0.05) is 0 Å². The number of amides is 2. The highest BCUT2D eigenvalue weighted by atomic mass is 32.2. The third-order valence-corrected chi connectivity index (χ3v) is 4.51. The Labute approximate surface area is 83.4 Å². The molecule has 5 nitrogen and oxygen atoms in total. The van der Waals surface area contributed by atoms with Crippen LogP contribution >= 0.6 is 0 Å². The standard InChI is InChI=1S/C8H14N2O3S/c11-8-9-3-1-4-10(8)7-2-5-14(12,13)6-7/h7H,1-6H2,(H,9,11). The average molecular weight is 218 g/mol. The summed E-state index contributed by atoms with van der Waals surface area (Å²) in [7, 11) is -2.89. The number of urea groups is 1. The maximum absolute atomic E-state index is 11.4. The Morgan fingerprint density at radius 1 is 1.43 bits per heavy atom. The van der Waals surface area contributed by atoms with Gasteiger partial charge in [-0.2, -0.15) is 0 Å². The number of nitrogens with one attached hydrogen (secondary N) is 1. The van der Waals surface area contributed by atoms with Crippen LogP contribution in [0.5, 0.6) is 0 Å². The van der Waals surface area contributed by atoms with E-state index in [4.69, 9.17) is 0 Å². The van der Waals surface area contributed by atoms with Crippen molar-refractivity contribution in [3.8, 4) is 0 Å². The predicted molar refractivity (Wildman–Crippen MR) is 51.8 cm³/mol. The maximum Gasteiger partial charge on any atom is 0.317 e. The highest BCUT2D eigenvalue weighted by Crippen LogP contribution is 2.19. The zero-order valence-corrected chi connectivity index (χ0v) is 8.72. The first-order valence-corrected chi connectivity index (χ1v) is 6.65. The highest BCUT2D eigenvalue weighted by molar-refractivity contribution is 7.91. The summed E-state index contributed by atoms with van der Waals surface area (Å²) in [5, 5.41) is 2.73. The fourth-order valence-corrected chi connectivity index (χ4v) is 3.75. The van der Waals surface area contributed by atoms with E-state index >= 15 is 0 Å². The summed E-state index contributed by atoms with van der Waals surface area (Å²) in [4.78, 5) is 13.1. The van der Waals surface area contributed by atoms with Crippen LogP contribution in [0, 0.1) is 0 Å².